The lowest BCUT2D eigenvalue weighted by Gasteiger charge is -2.12. The number of benzene rings is 6. The molecule has 0 saturated heterocycles. The summed E-state index contributed by atoms with van der Waals surface area (Å²) in [5.41, 5.74) is 14.2. The van der Waals surface area contributed by atoms with Gasteiger partial charge in [0, 0.05) is 38.7 Å². The van der Waals surface area contributed by atoms with Crippen LogP contribution in [0.5, 0.6) is 0 Å². The van der Waals surface area contributed by atoms with Gasteiger partial charge in [-0.15, -0.1) is 0 Å². The summed E-state index contributed by atoms with van der Waals surface area (Å²) in [7, 11) is 0. The topological polar surface area (TPSA) is 51.6 Å². The SMILES string of the molecule is Cc1cc(-c2ccccc2)c2ccc3ccc(-c4cccc(-c5cccc(-c6cc(-c7ccccc7)nc(-c7ccccc7)n6)c5)c4)nc3c2n1. The molecule has 0 radical (unpaired) electrons. The lowest BCUT2D eigenvalue weighted by molar-refractivity contribution is 1.18. The van der Waals surface area contributed by atoms with E-state index in [1.165, 1.54) is 11.1 Å². The van der Waals surface area contributed by atoms with Gasteiger partial charge in [0.1, 0.15) is 0 Å². The van der Waals surface area contributed by atoms with Crippen LogP contribution >= 0.6 is 0 Å². The molecule has 9 aromatic rings. The fourth-order valence-corrected chi connectivity index (χ4v) is 6.80. The molecule has 6 aromatic carbocycles. The summed E-state index contributed by atoms with van der Waals surface area (Å²) in [5.74, 6) is 0.704. The summed E-state index contributed by atoms with van der Waals surface area (Å²) < 4.78 is 0. The zero-order valence-corrected chi connectivity index (χ0v) is 28.0. The largest absolute Gasteiger partial charge is 0.251 e. The maximum Gasteiger partial charge on any atom is 0.160 e. The average Bonchev–Trinajstić information content (AvgIpc) is 3.21. The number of nitrogens with zero attached hydrogens (tertiary/aromatic N) is 4. The van der Waals surface area contributed by atoms with Crippen molar-refractivity contribution in [2.24, 2.45) is 0 Å². The molecule has 4 heteroatoms. The molecule has 3 heterocycles. The third-order valence-electron chi connectivity index (χ3n) is 9.33. The Morgan fingerprint density at radius 3 is 1.53 bits per heavy atom. The number of aromatic nitrogens is 4. The van der Waals surface area contributed by atoms with Crippen LogP contribution in [0, 0.1) is 6.92 Å². The summed E-state index contributed by atoms with van der Waals surface area (Å²) in [4.78, 5) is 20.3. The minimum absolute atomic E-state index is 0.704. The van der Waals surface area contributed by atoms with Crippen molar-refractivity contribution < 1.29 is 0 Å². The molecular weight excluding hydrogens is 621 g/mol. The molecular formula is C47H32N4. The van der Waals surface area contributed by atoms with E-state index in [1.54, 1.807) is 0 Å². The first-order chi connectivity index (χ1) is 25.2. The fourth-order valence-electron chi connectivity index (χ4n) is 6.80. The van der Waals surface area contributed by atoms with Crippen LogP contribution in [0.15, 0.2) is 176 Å². The quantitative estimate of drug-likeness (QED) is 0.168. The minimum Gasteiger partial charge on any atom is -0.251 e. The maximum absolute atomic E-state index is 5.25. The highest BCUT2D eigenvalue weighted by atomic mass is 14.9. The van der Waals surface area contributed by atoms with Crippen molar-refractivity contribution in [3.8, 4) is 67.4 Å². The van der Waals surface area contributed by atoms with Crippen molar-refractivity contribution in [2.75, 3.05) is 0 Å². The van der Waals surface area contributed by atoms with E-state index in [-0.39, 0.29) is 0 Å². The summed E-state index contributed by atoms with van der Waals surface area (Å²) in [6.45, 7) is 2.05. The van der Waals surface area contributed by atoms with Crippen molar-refractivity contribution in [2.45, 2.75) is 6.92 Å². The Balaban J connectivity index is 1.12. The predicted octanol–water partition coefficient (Wildman–Crippen LogP) is 11.9. The zero-order valence-electron chi connectivity index (χ0n) is 28.0. The smallest absolute Gasteiger partial charge is 0.160 e. The van der Waals surface area contributed by atoms with Crippen LogP contribution in [0.2, 0.25) is 0 Å². The van der Waals surface area contributed by atoms with E-state index in [9.17, 15) is 0 Å². The standard InChI is InChI=1S/C47H32N4/c1-31-27-41(32-13-5-2-6-14-32)40-25-23-34-24-26-42(49-45(34)46(40)48-31)38-21-11-19-36(28-38)37-20-12-22-39(29-37)44-30-43(33-15-7-3-8-16-33)50-47(51-44)35-17-9-4-10-18-35/h2-30H,1H3. The van der Waals surface area contributed by atoms with Gasteiger partial charge in [0.05, 0.1) is 28.1 Å². The summed E-state index contributed by atoms with van der Waals surface area (Å²) in [5, 5.41) is 2.17. The molecule has 3 aromatic heterocycles. The molecule has 0 fully saturated rings. The molecule has 0 aliphatic carbocycles. The van der Waals surface area contributed by atoms with Crippen LogP contribution < -0.4 is 0 Å². The first-order valence-electron chi connectivity index (χ1n) is 17.1. The highest BCUT2D eigenvalue weighted by molar-refractivity contribution is 6.08. The second kappa shape index (κ2) is 12.9. The number of fused-ring (bicyclic) bond motifs is 3. The van der Waals surface area contributed by atoms with Gasteiger partial charge < -0.3 is 0 Å². The van der Waals surface area contributed by atoms with Crippen molar-refractivity contribution in [1.82, 2.24) is 19.9 Å². The lowest BCUT2D eigenvalue weighted by atomic mass is 9.97. The molecule has 0 spiro atoms. The molecule has 0 aliphatic heterocycles. The number of rotatable bonds is 6. The summed E-state index contributed by atoms with van der Waals surface area (Å²) >= 11 is 0. The van der Waals surface area contributed by atoms with E-state index < -0.39 is 0 Å². The van der Waals surface area contributed by atoms with E-state index in [4.69, 9.17) is 19.9 Å². The van der Waals surface area contributed by atoms with Crippen LogP contribution in [0.3, 0.4) is 0 Å². The third kappa shape index (κ3) is 5.94. The van der Waals surface area contributed by atoms with E-state index in [0.29, 0.717) is 5.82 Å². The van der Waals surface area contributed by atoms with Crippen molar-refractivity contribution in [3.05, 3.63) is 182 Å². The molecule has 9 rings (SSSR count). The Hall–Kier alpha value is -6.78. The first kappa shape index (κ1) is 30.3. The molecule has 51 heavy (non-hydrogen) atoms. The molecule has 0 aliphatic rings. The molecule has 0 saturated carbocycles. The lowest BCUT2D eigenvalue weighted by Crippen LogP contribution is -1.96. The van der Waals surface area contributed by atoms with Crippen LogP contribution in [-0.2, 0) is 0 Å². The predicted molar refractivity (Wildman–Crippen MR) is 210 cm³/mol. The highest BCUT2D eigenvalue weighted by Crippen LogP contribution is 2.35. The van der Waals surface area contributed by atoms with Gasteiger partial charge in [-0.1, -0.05) is 146 Å². The Labute approximate surface area is 296 Å². The molecule has 0 atom stereocenters. The Morgan fingerprint density at radius 2 is 0.863 bits per heavy atom. The van der Waals surface area contributed by atoms with Crippen molar-refractivity contribution in [1.29, 1.82) is 0 Å². The van der Waals surface area contributed by atoms with Crippen LogP contribution in [-0.4, -0.2) is 19.9 Å². The average molecular weight is 653 g/mol. The van der Waals surface area contributed by atoms with Gasteiger partial charge in [0.25, 0.3) is 0 Å². The molecule has 240 valence electrons. The molecule has 4 nitrogen and oxygen atoms in total. The first-order valence-corrected chi connectivity index (χ1v) is 17.1. The summed E-state index contributed by atoms with van der Waals surface area (Å²) in [6.07, 6.45) is 0. The minimum atomic E-state index is 0.704. The molecule has 0 unspecified atom stereocenters. The number of hydrogen-bond donors (Lipinski definition) is 0. The van der Waals surface area contributed by atoms with Gasteiger partial charge in [0.15, 0.2) is 5.82 Å². The molecule has 0 bridgehead atoms. The van der Waals surface area contributed by atoms with Crippen LogP contribution in [0.25, 0.3) is 89.2 Å². The zero-order chi connectivity index (χ0) is 34.1. The summed E-state index contributed by atoms with van der Waals surface area (Å²) in [6, 6.07) is 61.0. The van der Waals surface area contributed by atoms with E-state index in [0.717, 1.165) is 78.0 Å². The fraction of sp³-hybridized carbons (Fsp3) is 0.0213. The number of pyridine rings is 2. The Morgan fingerprint density at radius 1 is 0.333 bits per heavy atom. The van der Waals surface area contributed by atoms with E-state index >= 15 is 0 Å². The van der Waals surface area contributed by atoms with Gasteiger partial charge in [-0.25, -0.2) is 15.0 Å². The second-order valence-corrected chi connectivity index (χ2v) is 12.8. The normalized spacial score (nSPS) is 11.2. The van der Waals surface area contributed by atoms with Gasteiger partial charge in [-0.05, 0) is 59.5 Å². The van der Waals surface area contributed by atoms with E-state index in [1.807, 2.05) is 42.5 Å². The highest BCUT2D eigenvalue weighted by Gasteiger charge is 2.14. The Kier molecular flexibility index (Phi) is 7.67. The second-order valence-electron chi connectivity index (χ2n) is 12.8. The maximum atomic E-state index is 5.25. The van der Waals surface area contributed by atoms with Crippen molar-refractivity contribution >= 4 is 21.8 Å². The third-order valence-corrected chi connectivity index (χ3v) is 9.33. The number of aryl methyl sites for hydroxylation is 1. The monoisotopic (exact) mass is 652 g/mol. The van der Waals surface area contributed by atoms with Gasteiger partial charge in [-0.2, -0.15) is 0 Å². The van der Waals surface area contributed by atoms with Crippen LogP contribution in [0.1, 0.15) is 5.69 Å². The Bertz CT molecular complexity index is 2630. The van der Waals surface area contributed by atoms with Gasteiger partial charge in [-0.3, -0.25) is 4.98 Å². The van der Waals surface area contributed by atoms with Crippen molar-refractivity contribution in [3.63, 3.8) is 0 Å². The van der Waals surface area contributed by atoms with E-state index in [2.05, 4.69) is 140 Å². The van der Waals surface area contributed by atoms with Crippen LogP contribution in [0.4, 0.5) is 0 Å². The number of hydrogen-bond acceptors (Lipinski definition) is 4. The van der Waals surface area contributed by atoms with Gasteiger partial charge in [0.2, 0.25) is 0 Å². The molecule has 0 N–H and O–H groups in total. The molecule has 0 amide bonds. The van der Waals surface area contributed by atoms with Gasteiger partial charge >= 0.3 is 0 Å².